The van der Waals surface area contributed by atoms with Crippen LogP contribution in [0.2, 0.25) is 0 Å². The summed E-state index contributed by atoms with van der Waals surface area (Å²) in [4.78, 5) is 13.1. The van der Waals surface area contributed by atoms with Crippen molar-refractivity contribution in [1.82, 2.24) is 4.57 Å². The van der Waals surface area contributed by atoms with Gasteiger partial charge in [0.05, 0.1) is 33.7 Å². The number of nitrogens with zero attached hydrogens (tertiary/aromatic N) is 3. The number of fused-ring (bicyclic) bond motifs is 1. The van der Waals surface area contributed by atoms with E-state index in [1.165, 1.54) is 15.9 Å². The van der Waals surface area contributed by atoms with Gasteiger partial charge in [0, 0.05) is 0 Å². The smallest absolute Gasteiger partial charge is 0.274 e. The molecule has 3 aromatic rings. The lowest BCUT2D eigenvalue weighted by molar-refractivity contribution is 0.906. The second kappa shape index (κ2) is 7.51. The molecule has 1 aliphatic rings. The molecule has 6 heteroatoms. The third-order valence-electron chi connectivity index (χ3n) is 5.17. The van der Waals surface area contributed by atoms with E-state index in [1.54, 1.807) is 6.08 Å². The molecule has 0 amide bonds. The van der Waals surface area contributed by atoms with Gasteiger partial charge in [0.2, 0.25) is 0 Å². The van der Waals surface area contributed by atoms with Gasteiger partial charge in [-0.3, -0.25) is 9.36 Å². The topological polar surface area (TPSA) is 95.6 Å². The van der Waals surface area contributed by atoms with Crippen LogP contribution < -0.4 is 20.5 Å². The standard InChI is InChI=1S/C24H18N4OS/c1-14-3-7-16(8-4-14)11-20-23(29)28-22(27)18(12-25)21(19(13-26)24(28)30-20)17-9-5-15(2)6-10-17/h3-11,21H,27H2,1-2H3/b20-11+/t21-/m1/s1. The molecule has 2 aromatic carbocycles. The van der Waals surface area contributed by atoms with Gasteiger partial charge in [-0.1, -0.05) is 59.7 Å². The van der Waals surface area contributed by atoms with Crippen LogP contribution in [0.25, 0.3) is 17.5 Å². The Labute approximate surface area is 177 Å². The largest absolute Gasteiger partial charge is 0.384 e. The van der Waals surface area contributed by atoms with E-state index in [0.717, 1.165) is 22.3 Å². The van der Waals surface area contributed by atoms with Crippen molar-refractivity contribution in [3.05, 3.63) is 95.9 Å². The van der Waals surface area contributed by atoms with Gasteiger partial charge in [0.15, 0.2) is 0 Å². The summed E-state index contributed by atoms with van der Waals surface area (Å²) in [5.74, 6) is -0.507. The van der Waals surface area contributed by atoms with Crippen molar-refractivity contribution in [3.63, 3.8) is 0 Å². The van der Waals surface area contributed by atoms with Crippen molar-refractivity contribution < 1.29 is 0 Å². The highest BCUT2D eigenvalue weighted by molar-refractivity contribution is 7.07. The van der Waals surface area contributed by atoms with Crippen LogP contribution in [0.4, 0.5) is 0 Å². The van der Waals surface area contributed by atoms with E-state index in [1.807, 2.05) is 62.4 Å². The van der Waals surface area contributed by atoms with E-state index < -0.39 is 5.92 Å². The molecule has 0 spiro atoms. The van der Waals surface area contributed by atoms with Gasteiger partial charge in [-0.25, -0.2) is 0 Å². The van der Waals surface area contributed by atoms with E-state index >= 15 is 0 Å². The number of aromatic nitrogens is 1. The number of nitriles is 2. The number of aryl methyl sites for hydroxylation is 2. The molecule has 0 fully saturated rings. The maximum atomic E-state index is 13.1. The highest BCUT2D eigenvalue weighted by Crippen LogP contribution is 2.35. The van der Waals surface area contributed by atoms with Crippen LogP contribution in [0.5, 0.6) is 0 Å². The lowest BCUT2D eigenvalue weighted by Crippen LogP contribution is -2.38. The first-order chi connectivity index (χ1) is 14.4. The average molecular weight is 411 g/mol. The first-order valence-electron chi connectivity index (χ1n) is 9.36. The first kappa shape index (κ1) is 19.4. The summed E-state index contributed by atoms with van der Waals surface area (Å²) in [6.45, 7) is 3.97. The Bertz CT molecular complexity index is 1440. The minimum atomic E-state index is -0.592. The molecule has 1 aromatic heterocycles. The zero-order valence-corrected chi connectivity index (χ0v) is 17.3. The first-order valence-corrected chi connectivity index (χ1v) is 10.2. The molecule has 5 nitrogen and oxygen atoms in total. The molecular weight excluding hydrogens is 392 g/mol. The van der Waals surface area contributed by atoms with Gasteiger partial charge in [-0.05, 0) is 31.1 Å². The molecule has 1 aliphatic heterocycles. The quantitative estimate of drug-likeness (QED) is 0.702. The molecule has 0 saturated heterocycles. The second-order valence-electron chi connectivity index (χ2n) is 7.25. The number of benzene rings is 2. The van der Waals surface area contributed by atoms with Crippen LogP contribution in [-0.2, 0) is 0 Å². The molecule has 0 saturated carbocycles. The monoisotopic (exact) mass is 410 g/mol. The normalized spacial score (nSPS) is 16.2. The van der Waals surface area contributed by atoms with E-state index in [4.69, 9.17) is 5.73 Å². The van der Waals surface area contributed by atoms with Gasteiger partial charge >= 0.3 is 0 Å². The zero-order chi connectivity index (χ0) is 21.4. The highest BCUT2D eigenvalue weighted by Gasteiger charge is 2.32. The van der Waals surface area contributed by atoms with Crippen molar-refractivity contribution in [3.8, 4) is 12.1 Å². The van der Waals surface area contributed by atoms with Crippen LogP contribution in [0.3, 0.4) is 0 Å². The molecule has 2 N–H and O–H groups in total. The Balaban J connectivity index is 2.04. The third-order valence-corrected chi connectivity index (χ3v) is 6.28. The Morgan fingerprint density at radius 2 is 1.53 bits per heavy atom. The van der Waals surface area contributed by atoms with Crippen LogP contribution >= 0.6 is 11.3 Å². The maximum absolute atomic E-state index is 13.1. The molecule has 0 unspecified atom stereocenters. The summed E-state index contributed by atoms with van der Waals surface area (Å²) >= 11 is 1.22. The van der Waals surface area contributed by atoms with E-state index in [-0.39, 0.29) is 17.0 Å². The average Bonchev–Trinajstić information content (AvgIpc) is 3.06. The molecule has 4 rings (SSSR count). The van der Waals surface area contributed by atoms with Gasteiger partial charge in [0.25, 0.3) is 5.56 Å². The lowest BCUT2D eigenvalue weighted by atomic mass is 9.84. The number of hydrogen-bond donors (Lipinski definition) is 1. The minimum absolute atomic E-state index is 0.0851. The Hall–Kier alpha value is -3.87. The van der Waals surface area contributed by atoms with Crippen molar-refractivity contribution in [2.75, 3.05) is 0 Å². The maximum Gasteiger partial charge on any atom is 0.274 e. The molecule has 0 radical (unpaired) electrons. The second-order valence-corrected chi connectivity index (χ2v) is 8.28. The Kier molecular flexibility index (Phi) is 4.87. The molecule has 0 bridgehead atoms. The van der Waals surface area contributed by atoms with Gasteiger partial charge in [-0.15, -0.1) is 11.3 Å². The van der Waals surface area contributed by atoms with E-state index in [0.29, 0.717) is 14.8 Å². The number of allylic oxidation sites excluding steroid dienone is 1. The highest BCUT2D eigenvalue weighted by atomic mass is 32.1. The number of hydrogen-bond acceptors (Lipinski definition) is 5. The van der Waals surface area contributed by atoms with Gasteiger partial charge < -0.3 is 5.73 Å². The fourth-order valence-electron chi connectivity index (χ4n) is 3.56. The summed E-state index contributed by atoms with van der Waals surface area (Å²) in [7, 11) is 0. The summed E-state index contributed by atoms with van der Waals surface area (Å²) in [6.07, 6.45) is 1.78. The molecular formula is C24H18N4OS. The number of thiazole rings is 1. The molecule has 146 valence electrons. The van der Waals surface area contributed by atoms with Gasteiger partial charge in [-0.2, -0.15) is 10.5 Å². The van der Waals surface area contributed by atoms with Crippen LogP contribution in [0.15, 0.2) is 58.9 Å². The summed E-state index contributed by atoms with van der Waals surface area (Å²) in [5, 5.41) is 19.8. The fraction of sp³-hybridized carbons (Fsp3) is 0.125. The van der Waals surface area contributed by atoms with Crippen molar-refractivity contribution in [1.29, 1.82) is 10.5 Å². The predicted molar refractivity (Wildman–Crippen MR) is 119 cm³/mol. The molecule has 30 heavy (non-hydrogen) atoms. The van der Waals surface area contributed by atoms with Gasteiger partial charge in [0.1, 0.15) is 10.5 Å². The third kappa shape index (κ3) is 3.14. The lowest BCUT2D eigenvalue weighted by Gasteiger charge is -2.22. The molecule has 1 atom stereocenters. The predicted octanol–water partition coefficient (Wildman–Crippen LogP) is 2.48. The van der Waals surface area contributed by atoms with Crippen molar-refractivity contribution in [2.24, 2.45) is 5.73 Å². The number of rotatable bonds is 2. The van der Waals surface area contributed by atoms with Crippen LogP contribution in [0, 0.1) is 36.5 Å². The summed E-state index contributed by atoms with van der Waals surface area (Å²) in [5.41, 5.74) is 10.4. The van der Waals surface area contributed by atoms with Crippen molar-refractivity contribution in [2.45, 2.75) is 19.8 Å². The SMILES string of the molecule is Cc1ccc(/C=c2/sc3n(c2=O)C(N)=C(C#N)[C@@H](c2ccc(C)cc2)C=3C#N)cc1. The molecule has 0 aliphatic carbocycles. The number of nitrogens with two attached hydrogens (primary N) is 1. The Morgan fingerprint density at radius 1 is 0.967 bits per heavy atom. The van der Waals surface area contributed by atoms with Crippen molar-refractivity contribution >= 4 is 28.8 Å². The zero-order valence-electron chi connectivity index (χ0n) is 16.5. The van der Waals surface area contributed by atoms with Crippen LogP contribution in [0.1, 0.15) is 28.2 Å². The van der Waals surface area contributed by atoms with E-state index in [9.17, 15) is 15.3 Å². The summed E-state index contributed by atoms with van der Waals surface area (Å²) < 4.78 is 2.24. The molecule has 2 heterocycles. The summed E-state index contributed by atoms with van der Waals surface area (Å²) in [6, 6.07) is 19.8. The van der Waals surface area contributed by atoms with E-state index in [2.05, 4.69) is 12.1 Å². The minimum Gasteiger partial charge on any atom is -0.384 e. The van der Waals surface area contributed by atoms with Crippen LogP contribution in [-0.4, -0.2) is 4.57 Å². The fourth-order valence-corrected chi connectivity index (χ4v) is 4.69. The Morgan fingerprint density at radius 3 is 2.10 bits per heavy atom.